The predicted molar refractivity (Wildman–Crippen MR) is 82.3 cm³/mol. The van der Waals surface area contributed by atoms with Crippen molar-refractivity contribution in [1.29, 1.82) is 0 Å². The largest absolute Gasteiger partial charge is 0.378 e. The molecule has 0 spiro atoms. The van der Waals surface area contributed by atoms with Gasteiger partial charge in [-0.05, 0) is 59.4 Å². The number of thioether (sulfide) groups is 1. The van der Waals surface area contributed by atoms with Gasteiger partial charge in [0.1, 0.15) is 0 Å². The molecule has 0 amide bonds. The van der Waals surface area contributed by atoms with Crippen LogP contribution in [0.2, 0.25) is 0 Å². The van der Waals surface area contributed by atoms with Crippen LogP contribution in [0.25, 0.3) is 0 Å². The molecule has 0 bridgehead atoms. The summed E-state index contributed by atoms with van der Waals surface area (Å²) in [6.07, 6.45) is 2.10. The molecule has 2 rings (SSSR count). The van der Waals surface area contributed by atoms with E-state index in [1.165, 1.54) is 19.2 Å². The Bertz CT molecular complexity index is 496. The molecule has 1 unspecified atom stereocenters. The van der Waals surface area contributed by atoms with Gasteiger partial charge in [-0.15, -0.1) is 23.1 Å². The van der Waals surface area contributed by atoms with E-state index >= 15 is 0 Å². The Balaban J connectivity index is 2.09. The van der Waals surface area contributed by atoms with Crippen LogP contribution < -0.4 is 5.32 Å². The fourth-order valence-corrected chi connectivity index (χ4v) is 3.48. The van der Waals surface area contributed by atoms with Gasteiger partial charge in [-0.1, -0.05) is 6.07 Å². The number of halogens is 1. The molecule has 1 aromatic carbocycles. The van der Waals surface area contributed by atoms with E-state index in [0.717, 1.165) is 0 Å². The lowest BCUT2D eigenvalue weighted by atomic mass is 10.2. The zero-order valence-electron chi connectivity index (χ0n) is 9.74. The molecule has 1 atom stereocenters. The minimum atomic E-state index is 0.336. The molecule has 90 valence electrons. The molecule has 17 heavy (non-hydrogen) atoms. The van der Waals surface area contributed by atoms with Gasteiger partial charge in [0.15, 0.2) is 0 Å². The van der Waals surface area contributed by atoms with E-state index in [0.29, 0.717) is 6.04 Å². The number of hydrogen-bond donors (Lipinski definition) is 1. The third-order valence-electron chi connectivity index (χ3n) is 2.47. The summed E-state index contributed by atoms with van der Waals surface area (Å²) in [6, 6.07) is 13.1. The Morgan fingerprint density at radius 3 is 2.76 bits per heavy atom. The van der Waals surface area contributed by atoms with Crippen molar-refractivity contribution in [2.75, 3.05) is 11.6 Å². The standard InChI is InChI=1S/C13H14BrNS2/c1-9(12-6-7-13(14)17-12)15-10-4-3-5-11(8-10)16-2/h3-9,15H,1-2H3. The average Bonchev–Trinajstić information content (AvgIpc) is 2.76. The molecule has 0 saturated carbocycles. The van der Waals surface area contributed by atoms with Crippen LogP contribution in [-0.4, -0.2) is 6.26 Å². The van der Waals surface area contributed by atoms with E-state index in [9.17, 15) is 0 Å². The second-order valence-electron chi connectivity index (χ2n) is 3.74. The van der Waals surface area contributed by atoms with E-state index < -0.39 is 0 Å². The van der Waals surface area contributed by atoms with Crippen LogP contribution in [0.5, 0.6) is 0 Å². The van der Waals surface area contributed by atoms with Crippen molar-refractivity contribution in [2.24, 2.45) is 0 Å². The van der Waals surface area contributed by atoms with Crippen LogP contribution in [0.15, 0.2) is 45.1 Å². The van der Waals surface area contributed by atoms with E-state index in [2.05, 4.69) is 70.8 Å². The summed E-state index contributed by atoms with van der Waals surface area (Å²) in [5, 5.41) is 3.52. The molecule has 0 aliphatic carbocycles. The van der Waals surface area contributed by atoms with E-state index in [-0.39, 0.29) is 0 Å². The zero-order chi connectivity index (χ0) is 12.3. The van der Waals surface area contributed by atoms with Crippen LogP contribution in [0.4, 0.5) is 5.69 Å². The second kappa shape index (κ2) is 5.94. The minimum Gasteiger partial charge on any atom is -0.378 e. The highest BCUT2D eigenvalue weighted by Gasteiger charge is 2.07. The molecule has 2 aromatic rings. The summed E-state index contributed by atoms with van der Waals surface area (Å²) in [5.41, 5.74) is 1.17. The Morgan fingerprint density at radius 1 is 1.29 bits per heavy atom. The first-order valence-corrected chi connectivity index (χ1v) is 8.18. The lowest BCUT2D eigenvalue weighted by Crippen LogP contribution is -2.04. The summed E-state index contributed by atoms with van der Waals surface area (Å²) in [5.74, 6) is 0. The van der Waals surface area contributed by atoms with Crippen LogP contribution in [0, 0.1) is 0 Å². The van der Waals surface area contributed by atoms with Gasteiger partial charge in [-0.3, -0.25) is 0 Å². The molecule has 0 fully saturated rings. The van der Waals surface area contributed by atoms with Crippen molar-refractivity contribution in [1.82, 2.24) is 0 Å². The maximum absolute atomic E-state index is 3.52. The molecule has 4 heteroatoms. The minimum absolute atomic E-state index is 0.336. The van der Waals surface area contributed by atoms with Crippen molar-refractivity contribution in [3.63, 3.8) is 0 Å². The highest BCUT2D eigenvalue weighted by Crippen LogP contribution is 2.30. The topological polar surface area (TPSA) is 12.0 Å². The predicted octanol–water partition coefficient (Wildman–Crippen LogP) is 5.41. The number of anilines is 1. The maximum Gasteiger partial charge on any atom is 0.0702 e. The zero-order valence-corrected chi connectivity index (χ0v) is 13.0. The molecule has 1 nitrogen and oxygen atoms in total. The third kappa shape index (κ3) is 3.50. The maximum atomic E-state index is 3.52. The normalized spacial score (nSPS) is 12.4. The van der Waals surface area contributed by atoms with Gasteiger partial charge in [0, 0.05) is 15.5 Å². The van der Waals surface area contributed by atoms with Crippen molar-refractivity contribution in [3.8, 4) is 0 Å². The molecule has 1 heterocycles. The van der Waals surface area contributed by atoms with Gasteiger partial charge in [-0.25, -0.2) is 0 Å². The van der Waals surface area contributed by atoms with Crippen molar-refractivity contribution >= 4 is 44.7 Å². The van der Waals surface area contributed by atoms with Gasteiger partial charge in [-0.2, -0.15) is 0 Å². The first-order chi connectivity index (χ1) is 8.19. The average molecular weight is 328 g/mol. The van der Waals surface area contributed by atoms with Crippen molar-refractivity contribution < 1.29 is 0 Å². The number of hydrogen-bond acceptors (Lipinski definition) is 3. The van der Waals surface area contributed by atoms with Crippen LogP contribution in [-0.2, 0) is 0 Å². The Morgan fingerprint density at radius 2 is 2.12 bits per heavy atom. The molecule has 0 aliphatic rings. The molecule has 0 radical (unpaired) electrons. The van der Waals surface area contributed by atoms with Crippen LogP contribution >= 0.6 is 39.0 Å². The number of thiophene rings is 1. The lowest BCUT2D eigenvalue weighted by molar-refractivity contribution is 0.907. The smallest absolute Gasteiger partial charge is 0.0702 e. The molecule has 0 aliphatic heterocycles. The van der Waals surface area contributed by atoms with E-state index in [1.807, 2.05) is 0 Å². The molecular weight excluding hydrogens is 314 g/mol. The van der Waals surface area contributed by atoms with Gasteiger partial charge < -0.3 is 5.32 Å². The van der Waals surface area contributed by atoms with Gasteiger partial charge in [0.2, 0.25) is 0 Å². The first-order valence-electron chi connectivity index (χ1n) is 5.35. The summed E-state index contributed by atoms with van der Waals surface area (Å²) in [4.78, 5) is 2.63. The summed E-state index contributed by atoms with van der Waals surface area (Å²) in [7, 11) is 0. The molecular formula is C13H14BrNS2. The Kier molecular flexibility index (Phi) is 4.54. The molecule has 1 aromatic heterocycles. The van der Waals surface area contributed by atoms with Gasteiger partial charge in [0.25, 0.3) is 0 Å². The third-order valence-corrected chi connectivity index (χ3v) is 5.01. The van der Waals surface area contributed by atoms with Crippen molar-refractivity contribution in [2.45, 2.75) is 17.9 Å². The number of rotatable bonds is 4. The summed E-state index contributed by atoms with van der Waals surface area (Å²) >= 11 is 7.04. The highest BCUT2D eigenvalue weighted by atomic mass is 79.9. The number of benzene rings is 1. The summed E-state index contributed by atoms with van der Waals surface area (Å²) < 4.78 is 1.18. The highest BCUT2D eigenvalue weighted by molar-refractivity contribution is 9.11. The molecule has 0 saturated heterocycles. The van der Waals surface area contributed by atoms with Gasteiger partial charge in [0.05, 0.1) is 9.83 Å². The Hall–Kier alpha value is -0.450. The van der Waals surface area contributed by atoms with E-state index in [1.54, 1.807) is 23.1 Å². The second-order valence-corrected chi connectivity index (χ2v) is 7.11. The quantitative estimate of drug-likeness (QED) is 0.754. The Labute approximate surface area is 119 Å². The van der Waals surface area contributed by atoms with E-state index in [4.69, 9.17) is 0 Å². The van der Waals surface area contributed by atoms with Gasteiger partial charge >= 0.3 is 0 Å². The summed E-state index contributed by atoms with van der Waals surface area (Å²) in [6.45, 7) is 2.18. The van der Waals surface area contributed by atoms with Crippen molar-refractivity contribution in [3.05, 3.63) is 45.1 Å². The fraction of sp³-hybridized carbons (Fsp3) is 0.231. The monoisotopic (exact) mass is 327 g/mol. The lowest BCUT2D eigenvalue weighted by Gasteiger charge is -2.14. The fourth-order valence-electron chi connectivity index (χ4n) is 1.59. The number of nitrogens with one attached hydrogen (secondary N) is 1. The molecule has 1 N–H and O–H groups in total. The van der Waals surface area contributed by atoms with Crippen LogP contribution in [0.3, 0.4) is 0 Å². The van der Waals surface area contributed by atoms with Crippen LogP contribution in [0.1, 0.15) is 17.8 Å². The SMILES string of the molecule is CSc1cccc(NC(C)c2ccc(Br)s2)c1. The first kappa shape index (κ1) is 13.0.